The third-order valence-electron chi connectivity index (χ3n) is 2.99. The molecule has 0 aromatic rings. The maximum absolute atomic E-state index is 5.63. The summed E-state index contributed by atoms with van der Waals surface area (Å²) in [6.07, 6.45) is 4.22. The first-order valence-electron chi connectivity index (χ1n) is 6.69. The maximum atomic E-state index is 5.63. The molecule has 96 valence electrons. The van der Waals surface area contributed by atoms with Gasteiger partial charge >= 0.3 is 0 Å². The third kappa shape index (κ3) is 6.46. The minimum atomic E-state index is 0.494. The topological polar surface area (TPSA) is 24.5 Å². The predicted octanol–water partition coefficient (Wildman–Crippen LogP) is 1.73. The molecule has 0 aromatic carbocycles. The van der Waals surface area contributed by atoms with Gasteiger partial charge in [0.2, 0.25) is 0 Å². The van der Waals surface area contributed by atoms with Gasteiger partial charge in [0.05, 0.1) is 6.10 Å². The fourth-order valence-corrected chi connectivity index (χ4v) is 2.09. The average molecular weight is 228 g/mol. The maximum Gasteiger partial charge on any atom is 0.0702 e. The molecule has 0 radical (unpaired) electrons. The van der Waals surface area contributed by atoms with Gasteiger partial charge in [0.25, 0.3) is 0 Å². The van der Waals surface area contributed by atoms with Crippen LogP contribution in [0.5, 0.6) is 0 Å². The fourth-order valence-electron chi connectivity index (χ4n) is 2.09. The summed E-state index contributed by atoms with van der Waals surface area (Å²) in [5, 5.41) is 3.48. The van der Waals surface area contributed by atoms with Gasteiger partial charge in [0.1, 0.15) is 0 Å². The molecule has 1 heterocycles. The molecule has 1 aliphatic heterocycles. The van der Waals surface area contributed by atoms with Crippen molar-refractivity contribution in [3.8, 4) is 0 Å². The zero-order valence-corrected chi connectivity index (χ0v) is 11.2. The van der Waals surface area contributed by atoms with E-state index < -0.39 is 0 Å². The van der Waals surface area contributed by atoms with Crippen LogP contribution in [0.15, 0.2) is 0 Å². The summed E-state index contributed by atoms with van der Waals surface area (Å²) in [5.74, 6) is 0.754. The highest BCUT2D eigenvalue weighted by Gasteiger charge is 2.16. The summed E-state index contributed by atoms with van der Waals surface area (Å²) < 4.78 is 5.63. The lowest BCUT2D eigenvalue weighted by atomic mass is 10.2. The number of ether oxygens (including phenoxy) is 1. The third-order valence-corrected chi connectivity index (χ3v) is 2.99. The van der Waals surface area contributed by atoms with Crippen LogP contribution in [-0.2, 0) is 4.74 Å². The van der Waals surface area contributed by atoms with E-state index in [2.05, 4.69) is 31.1 Å². The Hall–Kier alpha value is -0.120. The molecular formula is C13H28N2O. The van der Waals surface area contributed by atoms with Crippen LogP contribution in [0.3, 0.4) is 0 Å². The molecule has 3 heteroatoms. The molecule has 0 bridgehead atoms. The summed E-state index contributed by atoms with van der Waals surface area (Å²) in [7, 11) is 2.20. The Morgan fingerprint density at radius 3 is 2.88 bits per heavy atom. The minimum Gasteiger partial charge on any atom is -0.377 e. The Kier molecular flexibility index (Phi) is 7.01. The van der Waals surface area contributed by atoms with Crippen molar-refractivity contribution in [2.75, 3.05) is 39.8 Å². The van der Waals surface area contributed by atoms with Crippen LogP contribution < -0.4 is 5.32 Å². The number of nitrogens with one attached hydrogen (secondary N) is 1. The molecule has 3 nitrogen and oxygen atoms in total. The van der Waals surface area contributed by atoms with Crippen LogP contribution in [-0.4, -0.2) is 50.8 Å². The lowest BCUT2D eigenvalue weighted by Gasteiger charge is -2.20. The van der Waals surface area contributed by atoms with E-state index in [0.29, 0.717) is 6.10 Å². The summed E-state index contributed by atoms with van der Waals surface area (Å²) >= 11 is 0. The van der Waals surface area contributed by atoms with Crippen LogP contribution in [0.4, 0.5) is 0 Å². The molecular weight excluding hydrogens is 200 g/mol. The van der Waals surface area contributed by atoms with Crippen molar-refractivity contribution >= 4 is 0 Å². The van der Waals surface area contributed by atoms with Gasteiger partial charge in [-0.2, -0.15) is 0 Å². The van der Waals surface area contributed by atoms with Gasteiger partial charge < -0.3 is 15.0 Å². The highest BCUT2D eigenvalue weighted by atomic mass is 16.5. The van der Waals surface area contributed by atoms with Gasteiger partial charge in [-0.25, -0.2) is 0 Å². The number of nitrogens with zero attached hydrogens (tertiary/aromatic N) is 1. The second kappa shape index (κ2) is 8.04. The van der Waals surface area contributed by atoms with Crippen molar-refractivity contribution in [1.29, 1.82) is 0 Å². The standard InChI is InChI=1S/C13H28N2O/c1-12(2)10-14-7-5-8-15(3)11-13-6-4-9-16-13/h12-14H,4-11H2,1-3H3. The van der Waals surface area contributed by atoms with Crippen molar-refractivity contribution in [3.05, 3.63) is 0 Å². The van der Waals surface area contributed by atoms with Gasteiger partial charge in [-0.15, -0.1) is 0 Å². The molecule has 1 N–H and O–H groups in total. The molecule has 1 aliphatic rings. The zero-order valence-electron chi connectivity index (χ0n) is 11.2. The molecule has 16 heavy (non-hydrogen) atoms. The largest absolute Gasteiger partial charge is 0.377 e. The molecule has 1 fully saturated rings. The number of rotatable bonds is 8. The first-order chi connectivity index (χ1) is 7.68. The van der Waals surface area contributed by atoms with E-state index in [0.717, 1.165) is 32.2 Å². The Morgan fingerprint density at radius 2 is 2.25 bits per heavy atom. The minimum absolute atomic E-state index is 0.494. The Labute approximate surface area is 101 Å². The van der Waals surface area contributed by atoms with Crippen LogP contribution in [0.25, 0.3) is 0 Å². The SMILES string of the molecule is CC(C)CNCCCN(C)CC1CCCO1. The van der Waals surface area contributed by atoms with Crippen LogP contribution in [0.1, 0.15) is 33.1 Å². The summed E-state index contributed by atoms with van der Waals surface area (Å²) in [6, 6.07) is 0. The quantitative estimate of drug-likeness (QED) is 0.640. The predicted molar refractivity (Wildman–Crippen MR) is 68.8 cm³/mol. The number of likely N-dealkylation sites (N-methyl/N-ethyl adjacent to an activating group) is 1. The van der Waals surface area contributed by atoms with Crippen molar-refractivity contribution in [2.45, 2.75) is 39.2 Å². The van der Waals surface area contributed by atoms with E-state index in [1.165, 1.54) is 25.8 Å². The van der Waals surface area contributed by atoms with E-state index >= 15 is 0 Å². The first-order valence-corrected chi connectivity index (χ1v) is 6.69. The summed E-state index contributed by atoms with van der Waals surface area (Å²) in [6.45, 7) is 10.0. The normalized spacial score (nSPS) is 21.2. The van der Waals surface area contributed by atoms with Crippen molar-refractivity contribution in [3.63, 3.8) is 0 Å². The molecule has 0 saturated carbocycles. The highest BCUT2D eigenvalue weighted by molar-refractivity contribution is 4.68. The average Bonchev–Trinajstić information content (AvgIpc) is 2.69. The Balaban J connectivity index is 1.91. The van der Waals surface area contributed by atoms with Gasteiger partial charge in [0, 0.05) is 13.2 Å². The number of hydrogen-bond donors (Lipinski definition) is 1. The van der Waals surface area contributed by atoms with E-state index in [4.69, 9.17) is 4.74 Å². The summed E-state index contributed by atoms with van der Waals surface area (Å²) in [4.78, 5) is 2.40. The van der Waals surface area contributed by atoms with Gasteiger partial charge in [-0.3, -0.25) is 0 Å². The highest BCUT2D eigenvalue weighted by Crippen LogP contribution is 2.12. The molecule has 0 spiro atoms. The lowest BCUT2D eigenvalue weighted by Crippen LogP contribution is -2.31. The molecule has 0 amide bonds. The second-order valence-electron chi connectivity index (χ2n) is 5.35. The van der Waals surface area contributed by atoms with Gasteiger partial charge in [0.15, 0.2) is 0 Å². The molecule has 1 unspecified atom stereocenters. The van der Waals surface area contributed by atoms with Gasteiger partial charge in [-0.1, -0.05) is 13.8 Å². The first kappa shape index (κ1) is 13.9. The molecule has 1 rings (SSSR count). The molecule has 0 aliphatic carbocycles. The Morgan fingerprint density at radius 1 is 1.44 bits per heavy atom. The smallest absolute Gasteiger partial charge is 0.0702 e. The fraction of sp³-hybridized carbons (Fsp3) is 1.00. The second-order valence-corrected chi connectivity index (χ2v) is 5.35. The van der Waals surface area contributed by atoms with Crippen molar-refractivity contribution in [2.24, 2.45) is 5.92 Å². The van der Waals surface area contributed by atoms with E-state index in [9.17, 15) is 0 Å². The molecule has 0 aromatic heterocycles. The zero-order chi connectivity index (χ0) is 11.8. The Bertz CT molecular complexity index is 167. The van der Waals surface area contributed by atoms with E-state index in [-0.39, 0.29) is 0 Å². The lowest BCUT2D eigenvalue weighted by molar-refractivity contribution is 0.0809. The van der Waals surface area contributed by atoms with E-state index in [1.54, 1.807) is 0 Å². The van der Waals surface area contributed by atoms with Crippen molar-refractivity contribution < 1.29 is 4.74 Å². The van der Waals surface area contributed by atoms with Crippen LogP contribution in [0.2, 0.25) is 0 Å². The van der Waals surface area contributed by atoms with E-state index in [1.807, 2.05) is 0 Å². The van der Waals surface area contributed by atoms with Crippen LogP contribution >= 0.6 is 0 Å². The van der Waals surface area contributed by atoms with Gasteiger partial charge in [-0.05, 0) is 51.9 Å². The number of hydrogen-bond acceptors (Lipinski definition) is 3. The molecule has 1 atom stereocenters. The van der Waals surface area contributed by atoms with Crippen LogP contribution in [0, 0.1) is 5.92 Å². The summed E-state index contributed by atoms with van der Waals surface area (Å²) in [5.41, 5.74) is 0. The monoisotopic (exact) mass is 228 g/mol. The van der Waals surface area contributed by atoms with Crippen molar-refractivity contribution in [1.82, 2.24) is 10.2 Å². The molecule has 1 saturated heterocycles.